The van der Waals surface area contributed by atoms with Gasteiger partial charge in [-0.1, -0.05) is 49.6 Å². The third-order valence-electron chi connectivity index (χ3n) is 5.01. The maximum absolute atomic E-state index is 13.2. The van der Waals surface area contributed by atoms with Crippen LogP contribution in [0.5, 0.6) is 0 Å². The fraction of sp³-hybridized carbons (Fsp3) is 0.625. The predicted octanol–water partition coefficient (Wildman–Crippen LogP) is 3.86. The predicted molar refractivity (Wildman–Crippen MR) is 121 cm³/mol. The van der Waals surface area contributed by atoms with Crippen molar-refractivity contribution in [2.45, 2.75) is 84.4 Å². The molecule has 1 unspecified atom stereocenters. The van der Waals surface area contributed by atoms with Gasteiger partial charge < -0.3 is 20.3 Å². The monoisotopic (exact) mass is 431 g/mol. The fourth-order valence-corrected chi connectivity index (χ4v) is 3.33. The lowest BCUT2D eigenvalue weighted by Crippen LogP contribution is -2.49. The molecule has 172 valence electrons. The van der Waals surface area contributed by atoms with Gasteiger partial charge in [-0.05, 0) is 52.5 Å². The summed E-state index contributed by atoms with van der Waals surface area (Å²) in [5, 5.41) is 5.53. The highest BCUT2D eigenvalue weighted by atomic mass is 16.6. The third-order valence-corrected chi connectivity index (χ3v) is 5.01. The maximum Gasteiger partial charge on any atom is 0.408 e. The van der Waals surface area contributed by atoms with Crippen LogP contribution in [0, 0.1) is 6.92 Å². The summed E-state index contributed by atoms with van der Waals surface area (Å²) >= 11 is 0. The van der Waals surface area contributed by atoms with Gasteiger partial charge in [0.1, 0.15) is 18.2 Å². The number of amides is 3. The van der Waals surface area contributed by atoms with Gasteiger partial charge in [-0.15, -0.1) is 0 Å². The van der Waals surface area contributed by atoms with Crippen LogP contribution in [0.15, 0.2) is 24.3 Å². The smallest absolute Gasteiger partial charge is 0.408 e. The molecule has 0 bridgehead atoms. The molecule has 0 saturated heterocycles. The lowest BCUT2D eigenvalue weighted by Gasteiger charge is -2.32. The minimum absolute atomic E-state index is 0.000585. The van der Waals surface area contributed by atoms with Gasteiger partial charge >= 0.3 is 6.09 Å². The first kappa shape index (κ1) is 24.7. The van der Waals surface area contributed by atoms with E-state index in [-0.39, 0.29) is 24.4 Å². The summed E-state index contributed by atoms with van der Waals surface area (Å²) < 4.78 is 5.23. The quantitative estimate of drug-likeness (QED) is 0.551. The average molecular weight is 432 g/mol. The molecule has 1 atom stereocenters. The van der Waals surface area contributed by atoms with Crippen molar-refractivity contribution in [2.75, 3.05) is 13.1 Å². The summed E-state index contributed by atoms with van der Waals surface area (Å²) in [4.78, 5) is 39.9. The van der Waals surface area contributed by atoms with Gasteiger partial charge in [-0.25, -0.2) is 4.79 Å². The molecule has 2 N–H and O–H groups in total. The van der Waals surface area contributed by atoms with Crippen LogP contribution in [0.3, 0.4) is 0 Å². The molecular weight excluding hydrogens is 394 g/mol. The summed E-state index contributed by atoms with van der Waals surface area (Å²) in [6.07, 6.45) is 4.07. The molecule has 0 radical (unpaired) electrons. The van der Waals surface area contributed by atoms with Crippen molar-refractivity contribution in [1.29, 1.82) is 0 Å². The third kappa shape index (κ3) is 8.23. The van der Waals surface area contributed by atoms with Gasteiger partial charge in [0, 0.05) is 12.6 Å². The van der Waals surface area contributed by atoms with Crippen molar-refractivity contribution >= 4 is 17.9 Å². The highest BCUT2D eigenvalue weighted by Crippen LogP contribution is 2.35. The lowest BCUT2D eigenvalue weighted by atomic mass is 10.0. The minimum Gasteiger partial charge on any atom is -0.444 e. The maximum atomic E-state index is 13.2. The largest absolute Gasteiger partial charge is 0.444 e. The Kier molecular flexibility index (Phi) is 8.89. The Hall–Kier alpha value is -2.57. The SMILES string of the molecule is CCCCCNC(=O)C(c1ccc(C)cc1)N(C(=O)CNC(=O)OC(C)(C)C)C1CC1. The minimum atomic E-state index is -0.720. The van der Waals surface area contributed by atoms with Crippen molar-refractivity contribution in [3.05, 3.63) is 35.4 Å². The number of nitrogens with one attached hydrogen (secondary N) is 2. The van der Waals surface area contributed by atoms with Gasteiger partial charge in [0.15, 0.2) is 0 Å². The second-order valence-corrected chi connectivity index (χ2v) is 9.20. The Labute approximate surface area is 185 Å². The zero-order chi connectivity index (χ0) is 23.0. The van der Waals surface area contributed by atoms with Crippen molar-refractivity contribution in [1.82, 2.24) is 15.5 Å². The number of rotatable bonds is 10. The molecule has 0 spiro atoms. The molecule has 3 amide bonds. The van der Waals surface area contributed by atoms with E-state index in [0.29, 0.717) is 6.54 Å². The number of nitrogens with zero attached hydrogens (tertiary/aromatic N) is 1. The van der Waals surface area contributed by atoms with Crippen LogP contribution < -0.4 is 10.6 Å². The molecule has 0 aromatic heterocycles. The molecule has 7 nitrogen and oxygen atoms in total. The zero-order valence-electron chi connectivity index (χ0n) is 19.5. The number of carbonyl (C=O) groups is 3. The van der Waals surface area contributed by atoms with Gasteiger partial charge in [0.25, 0.3) is 0 Å². The Morgan fingerprint density at radius 3 is 2.29 bits per heavy atom. The molecule has 1 aromatic rings. The van der Waals surface area contributed by atoms with E-state index in [9.17, 15) is 14.4 Å². The van der Waals surface area contributed by atoms with Gasteiger partial charge in [0.2, 0.25) is 11.8 Å². The number of hydrogen-bond acceptors (Lipinski definition) is 4. The lowest BCUT2D eigenvalue weighted by molar-refractivity contribution is -0.140. The van der Waals surface area contributed by atoms with E-state index in [0.717, 1.165) is 43.2 Å². The van der Waals surface area contributed by atoms with Crippen LogP contribution in [0.4, 0.5) is 4.79 Å². The topological polar surface area (TPSA) is 87.7 Å². The van der Waals surface area contributed by atoms with E-state index in [4.69, 9.17) is 4.74 Å². The summed E-state index contributed by atoms with van der Waals surface area (Å²) in [5.41, 5.74) is 1.21. The molecular formula is C24H37N3O4. The summed E-state index contributed by atoms with van der Waals surface area (Å²) in [6, 6.07) is 6.97. The molecule has 1 aromatic carbocycles. The number of hydrogen-bond donors (Lipinski definition) is 2. The first-order valence-corrected chi connectivity index (χ1v) is 11.2. The van der Waals surface area contributed by atoms with Crippen molar-refractivity contribution in [3.63, 3.8) is 0 Å². The number of unbranched alkanes of at least 4 members (excludes halogenated alkanes) is 2. The second kappa shape index (κ2) is 11.2. The van der Waals surface area contributed by atoms with Crippen LogP contribution in [-0.2, 0) is 14.3 Å². The number of ether oxygens (including phenoxy) is 1. The molecule has 1 aliphatic carbocycles. The Morgan fingerprint density at radius 2 is 1.74 bits per heavy atom. The van der Waals surface area contributed by atoms with E-state index >= 15 is 0 Å². The first-order valence-electron chi connectivity index (χ1n) is 11.2. The number of aryl methyl sites for hydroxylation is 1. The first-order chi connectivity index (χ1) is 14.6. The number of carbonyl (C=O) groups excluding carboxylic acids is 3. The van der Waals surface area contributed by atoms with E-state index in [1.165, 1.54) is 0 Å². The summed E-state index contributed by atoms with van der Waals surface area (Å²) in [5.74, 6) is -0.472. The van der Waals surface area contributed by atoms with Crippen molar-refractivity contribution < 1.29 is 19.1 Å². The zero-order valence-corrected chi connectivity index (χ0v) is 19.5. The molecule has 1 fully saturated rings. The Bertz CT molecular complexity index is 751. The van der Waals surface area contributed by atoms with Gasteiger partial charge in [0.05, 0.1) is 0 Å². The Morgan fingerprint density at radius 1 is 1.10 bits per heavy atom. The molecule has 1 aliphatic rings. The van der Waals surface area contributed by atoms with E-state index in [1.54, 1.807) is 25.7 Å². The second-order valence-electron chi connectivity index (χ2n) is 9.20. The normalized spacial score (nSPS) is 14.5. The highest BCUT2D eigenvalue weighted by molar-refractivity contribution is 5.90. The van der Waals surface area contributed by atoms with Gasteiger partial charge in [-0.2, -0.15) is 0 Å². The molecule has 0 heterocycles. The molecule has 31 heavy (non-hydrogen) atoms. The van der Waals surface area contributed by atoms with Crippen LogP contribution in [-0.4, -0.2) is 47.5 Å². The molecule has 0 aliphatic heterocycles. The highest BCUT2D eigenvalue weighted by Gasteiger charge is 2.41. The Balaban J connectivity index is 2.17. The average Bonchev–Trinajstić information content (AvgIpc) is 3.52. The van der Waals surface area contributed by atoms with Gasteiger partial charge in [-0.3, -0.25) is 9.59 Å². The number of alkyl carbamates (subject to hydrolysis) is 1. The van der Waals surface area contributed by atoms with E-state index in [2.05, 4.69) is 17.6 Å². The fourth-order valence-electron chi connectivity index (χ4n) is 3.33. The van der Waals surface area contributed by atoms with Crippen LogP contribution >= 0.6 is 0 Å². The molecule has 7 heteroatoms. The molecule has 1 saturated carbocycles. The van der Waals surface area contributed by atoms with Crippen LogP contribution in [0.1, 0.15) is 77.0 Å². The summed E-state index contributed by atoms with van der Waals surface area (Å²) in [6.45, 7) is 9.76. The van der Waals surface area contributed by atoms with Crippen molar-refractivity contribution in [3.8, 4) is 0 Å². The standard InChI is InChI=1S/C24H37N3O4/c1-6-7-8-15-25-22(29)21(18-11-9-17(2)10-12-18)27(19-13-14-19)20(28)16-26-23(30)31-24(3,4)5/h9-12,19,21H,6-8,13-16H2,1-5H3,(H,25,29)(H,26,30). The van der Waals surface area contributed by atoms with E-state index in [1.807, 2.05) is 31.2 Å². The van der Waals surface area contributed by atoms with Crippen molar-refractivity contribution in [2.24, 2.45) is 0 Å². The van der Waals surface area contributed by atoms with E-state index < -0.39 is 17.7 Å². The van der Waals surface area contributed by atoms with Crippen LogP contribution in [0.2, 0.25) is 0 Å². The molecule has 2 rings (SSSR count). The number of benzene rings is 1. The van der Waals surface area contributed by atoms with Crippen LogP contribution in [0.25, 0.3) is 0 Å². The summed E-state index contributed by atoms with van der Waals surface area (Å²) in [7, 11) is 0.